The van der Waals surface area contributed by atoms with Crippen LogP contribution in [-0.2, 0) is 4.79 Å². The van der Waals surface area contributed by atoms with Crippen LogP contribution in [0.5, 0.6) is 0 Å². The summed E-state index contributed by atoms with van der Waals surface area (Å²) in [6.45, 7) is 4.22. The molecule has 0 radical (unpaired) electrons. The molecule has 3 nitrogen and oxygen atoms in total. The molecule has 1 saturated carbocycles. The third kappa shape index (κ3) is 4.52. The quantitative estimate of drug-likeness (QED) is 0.729. The summed E-state index contributed by atoms with van der Waals surface area (Å²) < 4.78 is 0. The van der Waals surface area contributed by atoms with E-state index in [4.69, 9.17) is 5.73 Å². The van der Waals surface area contributed by atoms with Gasteiger partial charge in [0.05, 0.1) is 0 Å². The molecule has 1 amide bonds. The summed E-state index contributed by atoms with van der Waals surface area (Å²) in [6, 6.07) is 0.351. The highest BCUT2D eigenvalue weighted by atomic mass is 16.1. The highest BCUT2D eigenvalue weighted by molar-refractivity contribution is 5.76. The van der Waals surface area contributed by atoms with Crippen molar-refractivity contribution in [1.82, 2.24) is 5.32 Å². The monoisotopic (exact) mass is 226 g/mol. The van der Waals surface area contributed by atoms with Gasteiger partial charge in [-0.05, 0) is 32.1 Å². The molecule has 0 spiro atoms. The van der Waals surface area contributed by atoms with Crippen LogP contribution >= 0.6 is 0 Å². The highest BCUT2D eigenvalue weighted by Crippen LogP contribution is 2.27. The molecule has 2 unspecified atom stereocenters. The number of amides is 1. The topological polar surface area (TPSA) is 55.1 Å². The van der Waals surface area contributed by atoms with Crippen molar-refractivity contribution in [2.45, 2.75) is 70.9 Å². The van der Waals surface area contributed by atoms with Crippen molar-refractivity contribution in [3.8, 4) is 0 Å². The van der Waals surface area contributed by atoms with Gasteiger partial charge in [0, 0.05) is 18.5 Å². The van der Waals surface area contributed by atoms with Crippen LogP contribution < -0.4 is 11.1 Å². The zero-order chi connectivity index (χ0) is 12.0. The first-order valence-electron chi connectivity index (χ1n) is 6.68. The molecule has 1 fully saturated rings. The van der Waals surface area contributed by atoms with E-state index in [9.17, 15) is 4.79 Å². The number of nitrogens with one attached hydrogen (secondary N) is 1. The fraction of sp³-hybridized carbons (Fsp3) is 0.923. The summed E-state index contributed by atoms with van der Waals surface area (Å²) in [5, 5.41) is 3.09. The van der Waals surface area contributed by atoms with E-state index in [0.717, 1.165) is 12.8 Å². The van der Waals surface area contributed by atoms with Crippen molar-refractivity contribution >= 4 is 5.91 Å². The summed E-state index contributed by atoms with van der Waals surface area (Å²) in [6.07, 6.45) is 7.63. The van der Waals surface area contributed by atoms with Crippen molar-refractivity contribution in [1.29, 1.82) is 0 Å². The van der Waals surface area contributed by atoms with Gasteiger partial charge < -0.3 is 11.1 Å². The van der Waals surface area contributed by atoms with Crippen LogP contribution in [0.25, 0.3) is 0 Å². The average molecular weight is 226 g/mol. The zero-order valence-electron chi connectivity index (χ0n) is 10.7. The number of hydrogen-bond donors (Lipinski definition) is 2. The maximum atomic E-state index is 11.7. The summed E-state index contributed by atoms with van der Waals surface area (Å²) in [5.74, 6) is 0.812. The molecule has 0 saturated heterocycles. The lowest BCUT2D eigenvalue weighted by molar-refractivity contribution is -0.122. The third-order valence-electron chi connectivity index (χ3n) is 3.60. The number of nitrogens with two attached hydrogens (primary N) is 1. The average Bonchev–Trinajstić information content (AvgIpc) is 2.69. The maximum Gasteiger partial charge on any atom is 0.221 e. The van der Waals surface area contributed by atoms with Crippen LogP contribution in [0, 0.1) is 5.92 Å². The Hall–Kier alpha value is -0.570. The predicted octanol–water partition coefficient (Wildman–Crippen LogP) is 2.20. The molecular formula is C13H26N2O. The van der Waals surface area contributed by atoms with E-state index < -0.39 is 0 Å². The van der Waals surface area contributed by atoms with Gasteiger partial charge in [-0.2, -0.15) is 0 Å². The van der Waals surface area contributed by atoms with Gasteiger partial charge >= 0.3 is 0 Å². The van der Waals surface area contributed by atoms with Crippen molar-refractivity contribution in [3.05, 3.63) is 0 Å². The minimum atomic E-state index is 0.0285. The molecule has 2 atom stereocenters. The first-order chi connectivity index (χ1) is 7.63. The lowest BCUT2D eigenvalue weighted by Crippen LogP contribution is -2.40. The Morgan fingerprint density at radius 2 is 2.06 bits per heavy atom. The van der Waals surface area contributed by atoms with E-state index >= 15 is 0 Å². The Bertz CT molecular complexity index is 212. The number of carbonyl (C=O) groups excluding carboxylic acids is 1. The standard InChI is InChI=1S/C13H26N2O/c1-3-6-12(14)9-13(16)15-10(2)11-7-4-5-8-11/h10-12H,3-9,14H2,1-2H3,(H,15,16). The smallest absolute Gasteiger partial charge is 0.221 e. The summed E-state index contributed by atoms with van der Waals surface area (Å²) in [4.78, 5) is 11.7. The Morgan fingerprint density at radius 1 is 1.44 bits per heavy atom. The summed E-state index contributed by atoms with van der Waals surface area (Å²) in [7, 11) is 0. The number of rotatable bonds is 6. The Kier molecular flexibility index (Phi) is 5.81. The Morgan fingerprint density at radius 3 is 2.62 bits per heavy atom. The van der Waals surface area contributed by atoms with Gasteiger partial charge in [-0.25, -0.2) is 0 Å². The van der Waals surface area contributed by atoms with Crippen molar-refractivity contribution in [2.24, 2.45) is 11.7 Å². The molecule has 94 valence electrons. The van der Waals surface area contributed by atoms with Gasteiger partial charge in [-0.15, -0.1) is 0 Å². The fourth-order valence-electron chi connectivity index (χ4n) is 2.60. The lowest BCUT2D eigenvalue weighted by Gasteiger charge is -2.21. The number of hydrogen-bond acceptors (Lipinski definition) is 2. The molecule has 1 aliphatic carbocycles. The molecular weight excluding hydrogens is 200 g/mol. The molecule has 3 heteroatoms. The second-order valence-electron chi connectivity index (χ2n) is 5.15. The minimum Gasteiger partial charge on any atom is -0.353 e. The Balaban J connectivity index is 2.22. The summed E-state index contributed by atoms with van der Waals surface area (Å²) in [5.41, 5.74) is 5.85. The predicted molar refractivity (Wildman–Crippen MR) is 67.1 cm³/mol. The molecule has 0 aromatic carbocycles. The van der Waals surface area contributed by atoms with E-state index in [0.29, 0.717) is 18.4 Å². The first-order valence-corrected chi connectivity index (χ1v) is 6.68. The molecule has 0 aromatic heterocycles. The summed E-state index contributed by atoms with van der Waals surface area (Å²) >= 11 is 0. The molecule has 3 N–H and O–H groups in total. The van der Waals surface area contributed by atoms with E-state index in [1.807, 2.05) is 0 Å². The molecule has 1 aliphatic rings. The van der Waals surface area contributed by atoms with Gasteiger partial charge in [0.2, 0.25) is 5.91 Å². The zero-order valence-corrected chi connectivity index (χ0v) is 10.7. The first kappa shape index (κ1) is 13.5. The van der Waals surface area contributed by atoms with Crippen LogP contribution in [0.4, 0.5) is 0 Å². The van der Waals surface area contributed by atoms with Crippen LogP contribution in [0.3, 0.4) is 0 Å². The van der Waals surface area contributed by atoms with Crippen LogP contribution in [0.2, 0.25) is 0 Å². The highest BCUT2D eigenvalue weighted by Gasteiger charge is 2.23. The second-order valence-corrected chi connectivity index (χ2v) is 5.15. The third-order valence-corrected chi connectivity index (χ3v) is 3.60. The fourth-order valence-corrected chi connectivity index (χ4v) is 2.60. The van der Waals surface area contributed by atoms with Crippen LogP contribution in [0.1, 0.15) is 58.8 Å². The molecule has 0 aromatic rings. The molecule has 1 rings (SSSR count). The van der Waals surface area contributed by atoms with Gasteiger partial charge in [-0.1, -0.05) is 26.2 Å². The normalized spacial score (nSPS) is 20.7. The minimum absolute atomic E-state index is 0.0285. The molecule has 0 aliphatic heterocycles. The van der Waals surface area contributed by atoms with Crippen molar-refractivity contribution in [3.63, 3.8) is 0 Å². The van der Waals surface area contributed by atoms with Gasteiger partial charge in [0.25, 0.3) is 0 Å². The Labute approximate surface area is 99.2 Å². The van der Waals surface area contributed by atoms with Crippen molar-refractivity contribution in [2.75, 3.05) is 0 Å². The van der Waals surface area contributed by atoms with E-state index in [2.05, 4.69) is 19.2 Å². The lowest BCUT2D eigenvalue weighted by atomic mass is 9.99. The van der Waals surface area contributed by atoms with Gasteiger partial charge in [0.15, 0.2) is 0 Å². The second kappa shape index (κ2) is 6.89. The van der Waals surface area contributed by atoms with E-state index in [1.165, 1.54) is 25.7 Å². The van der Waals surface area contributed by atoms with Gasteiger partial charge in [-0.3, -0.25) is 4.79 Å². The molecule has 0 heterocycles. The van der Waals surface area contributed by atoms with Gasteiger partial charge in [0.1, 0.15) is 0 Å². The molecule has 16 heavy (non-hydrogen) atoms. The SMILES string of the molecule is CCCC(N)CC(=O)NC(C)C1CCCC1. The van der Waals surface area contributed by atoms with Crippen LogP contribution in [-0.4, -0.2) is 18.0 Å². The number of carbonyl (C=O) groups is 1. The van der Waals surface area contributed by atoms with Crippen LogP contribution in [0.15, 0.2) is 0 Å². The largest absolute Gasteiger partial charge is 0.353 e. The van der Waals surface area contributed by atoms with E-state index in [1.54, 1.807) is 0 Å². The van der Waals surface area contributed by atoms with E-state index in [-0.39, 0.29) is 11.9 Å². The maximum absolute atomic E-state index is 11.7. The molecule has 0 bridgehead atoms. The van der Waals surface area contributed by atoms with Crippen molar-refractivity contribution < 1.29 is 4.79 Å².